The van der Waals surface area contributed by atoms with E-state index in [4.69, 9.17) is 0 Å². The molecule has 4 nitrogen and oxygen atoms in total. The van der Waals surface area contributed by atoms with Crippen LogP contribution in [0.15, 0.2) is 34.1 Å². The van der Waals surface area contributed by atoms with Crippen LogP contribution in [0.4, 0.5) is 5.69 Å². The van der Waals surface area contributed by atoms with Gasteiger partial charge in [0.15, 0.2) is 0 Å². The summed E-state index contributed by atoms with van der Waals surface area (Å²) < 4.78 is 0.887. The predicted octanol–water partition coefficient (Wildman–Crippen LogP) is 3.76. The second kappa shape index (κ2) is 6.84. The van der Waals surface area contributed by atoms with Crippen molar-refractivity contribution < 1.29 is 9.59 Å². The Morgan fingerprint density at radius 2 is 1.96 bits per heavy atom. The van der Waals surface area contributed by atoms with Crippen LogP contribution >= 0.6 is 27.3 Å². The van der Waals surface area contributed by atoms with E-state index in [-0.39, 0.29) is 11.8 Å². The summed E-state index contributed by atoms with van der Waals surface area (Å²) in [5, 5.41) is 5.59. The lowest BCUT2D eigenvalue weighted by Gasteiger charge is -2.14. The van der Waals surface area contributed by atoms with Gasteiger partial charge in [-0.05, 0) is 77.5 Å². The SMILES string of the molecule is C[C@H](NC(=O)c1ccc(Br)s1)C(=O)Nc1ccc2c(c1)CCC2. The van der Waals surface area contributed by atoms with E-state index in [9.17, 15) is 9.59 Å². The summed E-state index contributed by atoms with van der Waals surface area (Å²) >= 11 is 4.66. The highest BCUT2D eigenvalue weighted by molar-refractivity contribution is 9.11. The van der Waals surface area contributed by atoms with E-state index < -0.39 is 6.04 Å². The standard InChI is InChI=1S/C17H17BrN2O2S/c1-10(19-17(22)14-7-8-15(18)23-14)16(21)20-13-6-5-11-3-2-4-12(11)9-13/h5-10H,2-4H2,1H3,(H,19,22)(H,20,21)/t10-/m0/s1. The highest BCUT2D eigenvalue weighted by atomic mass is 79.9. The number of carbonyl (C=O) groups excluding carboxylic acids is 2. The van der Waals surface area contributed by atoms with E-state index in [2.05, 4.69) is 32.6 Å². The zero-order valence-corrected chi connectivity index (χ0v) is 15.1. The van der Waals surface area contributed by atoms with Gasteiger partial charge in [0, 0.05) is 5.69 Å². The largest absolute Gasteiger partial charge is 0.340 e. The number of anilines is 1. The third-order valence-electron chi connectivity index (χ3n) is 3.90. The van der Waals surface area contributed by atoms with E-state index in [1.165, 1.54) is 28.9 Å². The van der Waals surface area contributed by atoms with Crippen molar-refractivity contribution in [3.63, 3.8) is 0 Å². The van der Waals surface area contributed by atoms with Gasteiger partial charge in [0.1, 0.15) is 6.04 Å². The summed E-state index contributed by atoms with van der Waals surface area (Å²) in [5.74, 6) is -0.454. The Morgan fingerprint density at radius 3 is 2.70 bits per heavy atom. The van der Waals surface area contributed by atoms with Crippen molar-refractivity contribution in [2.24, 2.45) is 0 Å². The summed E-state index contributed by atoms with van der Waals surface area (Å²) in [6.45, 7) is 1.68. The maximum atomic E-state index is 12.3. The van der Waals surface area contributed by atoms with Crippen molar-refractivity contribution in [2.75, 3.05) is 5.32 Å². The highest BCUT2D eigenvalue weighted by Crippen LogP contribution is 2.25. The molecule has 6 heteroatoms. The van der Waals surface area contributed by atoms with Crippen LogP contribution in [0, 0.1) is 0 Å². The molecule has 1 aromatic heterocycles. The normalized spacial score (nSPS) is 14.2. The topological polar surface area (TPSA) is 58.2 Å². The Balaban J connectivity index is 1.60. The molecule has 1 heterocycles. The third kappa shape index (κ3) is 3.82. The molecule has 1 atom stereocenters. The summed E-state index contributed by atoms with van der Waals surface area (Å²) in [5.41, 5.74) is 3.46. The van der Waals surface area contributed by atoms with Crippen LogP contribution in [0.25, 0.3) is 0 Å². The fourth-order valence-electron chi connectivity index (χ4n) is 2.67. The molecule has 0 aliphatic heterocycles. The molecule has 23 heavy (non-hydrogen) atoms. The summed E-state index contributed by atoms with van der Waals surface area (Å²) in [7, 11) is 0. The molecular formula is C17H17BrN2O2S. The van der Waals surface area contributed by atoms with Crippen LogP contribution < -0.4 is 10.6 Å². The average Bonchev–Trinajstić information content (AvgIpc) is 3.15. The molecule has 0 saturated heterocycles. The van der Waals surface area contributed by atoms with Crippen molar-refractivity contribution in [2.45, 2.75) is 32.2 Å². The molecule has 0 saturated carbocycles. The number of carbonyl (C=O) groups is 2. The number of nitrogens with one attached hydrogen (secondary N) is 2. The van der Waals surface area contributed by atoms with Crippen molar-refractivity contribution >= 4 is 44.8 Å². The highest BCUT2D eigenvalue weighted by Gasteiger charge is 2.18. The first-order valence-electron chi connectivity index (χ1n) is 7.52. The minimum atomic E-state index is -0.600. The fraction of sp³-hybridized carbons (Fsp3) is 0.294. The molecule has 2 amide bonds. The zero-order valence-electron chi connectivity index (χ0n) is 12.7. The number of fused-ring (bicyclic) bond motifs is 1. The second-order valence-electron chi connectivity index (χ2n) is 5.63. The lowest BCUT2D eigenvalue weighted by molar-refractivity contribution is -0.117. The monoisotopic (exact) mass is 392 g/mol. The van der Waals surface area contributed by atoms with E-state index in [0.29, 0.717) is 4.88 Å². The van der Waals surface area contributed by atoms with Gasteiger partial charge in [-0.3, -0.25) is 9.59 Å². The van der Waals surface area contributed by atoms with Crippen molar-refractivity contribution in [1.82, 2.24) is 5.32 Å². The number of amides is 2. The number of thiophene rings is 1. The fourth-order valence-corrected chi connectivity index (χ4v) is 3.96. The Hall–Kier alpha value is -1.66. The van der Waals surface area contributed by atoms with E-state index in [1.807, 2.05) is 18.2 Å². The van der Waals surface area contributed by atoms with Gasteiger partial charge in [-0.15, -0.1) is 11.3 Å². The molecule has 1 aliphatic carbocycles. The van der Waals surface area contributed by atoms with Gasteiger partial charge >= 0.3 is 0 Å². The minimum Gasteiger partial charge on any atom is -0.340 e. The molecular weight excluding hydrogens is 376 g/mol. The molecule has 0 spiro atoms. The van der Waals surface area contributed by atoms with Crippen LogP contribution in [-0.4, -0.2) is 17.9 Å². The van der Waals surface area contributed by atoms with Crippen LogP contribution in [0.2, 0.25) is 0 Å². The molecule has 120 valence electrons. The third-order valence-corrected chi connectivity index (χ3v) is 5.53. The van der Waals surface area contributed by atoms with E-state index in [0.717, 1.165) is 22.3 Å². The lowest BCUT2D eigenvalue weighted by Crippen LogP contribution is -2.41. The number of rotatable bonds is 4. The van der Waals surface area contributed by atoms with Gasteiger partial charge in [-0.25, -0.2) is 0 Å². The predicted molar refractivity (Wildman–Crippen MR) is 96.0 cm³/mol. The van der Waals surface area contributed by atoms with Crippen LogP contribution in [-0.2, 0) is 17.6 Å². The quantitative estimate of drug-likeness (QED) is 0.831. The number of halogens is 1. The Labute approximate surface area is 147 Å². The lowest BCUT2D eigenvalue weighted by atomic mass is 10.1. The molecule has 0 bridgehead atoms. The zero-order chi connectivity index (χ0) is 16.4. The van der Waals surface area contributed by atoms with Crippen molar-refractivity contribution in [3.8, 4) is 0 Å². The number of hydrogen-bond donors (Lipinski definition) is 2. The van der Waals surface area contributed by atoms with Gasteiger partial charge in [0.2, 0.25) is 5.91 Å². The first-order valence-corrected chi connectivity index (χ1v) is 9.13. The maximum Gasteiger partial charge on any atom is 0.262 e. The first-order chi connectivity index (χ1) is 11.0. The molecule has 0 fully saturated rings. The average molecular weight is 393 g/mol. The van der Waals surface area contributed by atoms with Gasteiger partial charge in [-0.2, -0.15) is 0 Å². The molecule has 1 aliphatic rings. The molecule has 0 unspecified atom stereocenters. The van der Waals surface area contributed by atoms with Gasteiger partial charge in [-0.1, -0.05) is 6.07 Å². The van der Waals surface area contributed by atoms with Crippen LogP contribution in [0.3, 0.4) is 0 Å². The Morgan fingerprint density at radius 1 is 1.17 bits per heavy atom. The van der Waals surface area contributed by atoms with Gasteiger partial charge in [0.25, 0.3) is 5.91 Å². The Kier molecular flexibility index (Phi) is 4.82. The second-order valence-corrected chi connectivity index (χ2v) is 8.09. The molecule has 2 N–H and O–H groups in total. The molecule has 1 aromatic carbocycles. The van der Waals surface area contributed by atoms with Gasteiger partial charge in [0.05, 0.1) is 8.66 Å². The first kappa shape index (κ1) is 16.2. The van der Waals surface area contributed by atoms with E-state index in [1.54, 1.807) is 13.0 Å². The van der Waals surface area contributed by atoms with Crippen LogP contribution in [0.5, 0.6) is 0 Å². The number of benzene rings is 1. The molecule has 0 radical (unpaired) electrons. The van der Waals surface area contributed by atoms with Crippen LogP contribution in [0.1, 0.15) is 34.1 Å². The number of aryl methyl sites for hydroxylation is 2. The smallest absolute Gasteiger partial charge is 0.262 e. The van der Waals surface area contributed by atoms with Gasteiger partial charge < -0.3 is 10.6 Å². The Bertz CT molecular complexity index is 757. The minimum absolute atomic E-state index is 0.216. The summed E-state index contributed by atoms with van der Waals surface area (Å²) in [4.78, 5) is 24.9. The van der Waals surface area contributed by atoms with Crippen molar-refractivity contribution in [1.29, 1.82) is 0 Å². The van der Waals surface area contributed by atoms with Crippen molar-refractivity contribution in [3.05, 3.63) is 50.1 Å². The molecule has 2 aromatic rings. The summed E-state index contributed by atoms with van der Waals surface area (Å²) in [6.07, 6.45) is 3.36. The van der Waals surface area contributed by atoms with E-state index >= 15 is 0 Å². The summed E-state index contributed by atoms with van der Waals surface area (Å²) in [6, 6.07) is 8.98. The maximum absolute atomic E-state index is 12.3. The number of hydrogen-bond acceptors (Lipinski definition) is 3. The molecule has 3 rings (SSSR count).